The molecular formula is C39H23N3O2. The average molecular weight is 566 g/mol. The third kappa shape index (κ3) is 3.98. The number of aromatic nitrogens is 3. The lowest BCUT2D eigenvalue weighted by molar-refractivity contribution is 0.668. The quantitative estimate of drug-likeness (QED) is 0.212. The molecule has 0 saturated heterocycles. The van der Waals surface area contributed by atoms with Crippen LogP contribution in [0.4, 0.5) is 0 Å². The molecule has 0 aliphatic rings. The second-order valence-corrected chi connectivity index (χ2v) is 10.8. The minimum absolute atomic E-state index is 0.595. The third-order valence-electron chi connectivity index (χ3n) is 8.14. The van der Waals surface area contributed by atoms with E-state index in [0.717, 1.165) is 71.7 Å². The summed E-state index contributed by atoms with van der Waals surface area (Å²) >= 11 is 0. The van der Waals surface area contributed by atoms with E-state index in [1.807, 2.05) is 91.0 Å². The van der Waals surface area contributed by atoms with Crippen LogP contribution in [0.1, 0.15) is 0 Å². The molecule has 0 aliphatic carbocycles. The van der Waals surface area contributed by atoms with Gasteiger partial charge in [-0.15, -0.1) is 0 Å². The van der Waals surface area contributed by atoms with Gasteiger partial charge in [-0.05, 0) is 35.9 Å². The normalized spacial score (nSPS) is 11.6. The van der Waals surface area contributed by atoms with E-state index in [4.69, 9.17) is 23.8 Å². The monoisotopic (exact) mass is 565 g/mol. The molecule has 0 radical (unpaired) electrons. The van der Waals surface area contributed by atoms with Crippen LogP contribution in [-0.4, -0.2) is 15.0 Å². The van der Waals surface area contributed by atoms with Crippen LogP contribution >= 0.6 is 0 Å². The lowest BCUT2D eigenvalue weighted by Gasteiger charge is -2.08. The van der Waals surface area contributed by atoms with Crippen molar-refractivity contribution in [3.8, 4) is 45.3 Å². The van der Waals surface area contributed by atoms with Gasteiger partial charge in [-0.1, -0.05) is 109 Å². The van der Waals surface area contributed by atoms with Crippen molar-refractivity contribution in [3.63, 3.8) is 0 Å². The van der Waals surface area contributed by atoms with Gasteiger partial charge < -0.3 is 8.83 Å². The summed E-state index contributed by atoms with van der Waals surface area (Å²) in [7, 11) is 0. The van der Waals surface area contributed by atoms with Crippen molar-refractivity contribution in [3.05, 3.63) is 140 Å². The molecule has 0 N–H and O–H groups in total. The van der Waals surface area contributed by atoms with Crippen LogP contribution in [0.25, 0.3) is 89.2 Å². The van der Waals surface area contributed by atoms with Crippen molar-refractivity contribution in [1.29, 1.82) is 0 Å². The van der Waals surface area contributed by atoms with Crippen LogP contribution in [-0.2, 0) is 0 Å². The predicted molar refractivity (Wildman–Crippen MR) is 176 cm³/mol. The molecular weight excluding hydrogens is 542 g/mol. The zero-order valence-electron chi connectivity index (χ0n) is 23.4. The van der Waals surface area contributed by atoms with Crippen molar-refractivity contribution < 1.29 is 8.83 Å². The van der Waals surface area contributed by atoms with Gasteiger partial charge in [0.25, 0.3) is 0 Å². The maximum atomic E-state index is 6.38. The van der Waals surface area contributed by atoms with E-state index in [2.05, 4.69) is 48.5 Å². The zero-order chi connectivity index (χ0) is 29.0. The van der Waals surface area contributed by atoms with Crippen LogP contribution in [0, 0.1) is 0 Å². The fourth-order valence-corrected chi connectivity index (χ4v) is 6.00. The highest BCUT2D eigenvalue weighted by Crippen LogP contribution is 2.39. The molecule has 6 aromatic carbocycles. The molecule has 0 fully saturated rings. The lowest BCUT2D eigenvalue weighted by Crippen LogP contribution is -2.00. The van der Waals surface area contributed by atoms with E-state index in [-0.39, 0.29) is 0 Å². The number of para-hydroxylation sites is 2. The first kappa shape index (κ1) is 24.5. The molecule has 0 spiro atoms. The Kier molecular flexibility index (Phi) is 5.43. The Bertz CT molecular complexity index is 2440. The second kappa shape index (κ2) is 9.75. The Balaban J connectivity index is 1.18. The number of nitrogens with zero attached hydrogens (tertiary/aromatic N) is 3. The molecule has 3 heterocycles. The van der Waals surface area contributed by atoms with Gasteiger partial charge in [0.05, 0.1) is 0 Å². The highest BCUT2D eigenvalue weighted by atomic mass is 16.3. The maximum Gasteiger partial charge on any atom is 0.164 e. The fourth-order valence-electron chi connectivity index (χ4n) is 6.00. The first-order valence-electron chi connectivity index (χ1n) is 14.5. The molecule has 0 unspecified atom stereocenters. The Labute approximate surface area is 252 Å². The molecule has 0 bridgehead atoms. The molecule has 0 atom stereocenters. The second-order valence-electron chi connectivity index (χ2n) is 10.8. The molecule has 9 rings (SSSR count). The average Bonchev–Trinajstić information content (AvgIpc) is 3.66. The van der Waals surface area contributed by atoms with Crippen LogP contribution < -0.4 is 0 Å². The summed E-state index contributed by atoms with van der Waals surface area (Å²) < 4.78 is 12.7. The number of fused-ring (bicyclic) bond motifs is 6. The molecule has 206 valence electrons. The first-order valence-corrected chi connectivity index (χ1v) is 14.5. The minimum atomic E-state index is 0.595. The Hall–Kier alpha value is -6.07. The summed E-state index contributed by atoms with van der Waals surface area (Å²) in [5, 5.41) is 4.31. The maximum absolute atomic E-state index is 6.38. The molecule has 9 aromatic rings. The molecule has 0 aliphatic heterocycles. The van der Waals surface area contributed by atoms with E-state index in [0.29, 0.717) is 17.5 Å². The summed E-state index contributed by atoms with van der Waals surface area (Å²) in [6, 6.07) is 47.0. The van der Waals surface area contributed by atoms with E-state index < -0.39 is 0 Å². The van der Waals surface area contributed by atoms with Gasteiger partial charge in [-0.2, -0.15) is 0 Å². The molecule has 3 aromatic heterocycles. The molecule has 0 amide bonds. The van der Waals surface area contributed by atoms with Crippen molar-refractivity contribution >= 4 is 43.9 Å². The lowest BCUT2D eigenvalue weighted by atomic mass is 10.00. The topological polar surface area (TPSA) is 65.0 Å². The van der Waals surface area contributed by atoms with E-state index >= 15 is 0 Å². The Morgan fingerprint density at radius 3 is 1.68 bits per heavy atom. The summed E-state index contributed by atoms with van der Waals surface area (Å²) in [4.78, 5) is 14.6. The van der Waals surface area contributed by atoms with Gasteiger partial charge in [0.2, 0.25) is 0 Å². The highest BCUT2D eigenvalue weighted by molar-refractivity contribution is 6.11. The zero-order valence-corrected chi connectivity index (χ0v) is 23.4. The SMILES string of the molecule is c1ccc(-c2nc(-c3ccccc3)nc(-c3ccc4c(c3)oc3ccc(-c5cccc6c5oc5ccccc56)cc34)n2)cc1. The summed E-state index contributed by atoms with van der Waals surface area (Å²) in [6.07, 6.45) is 0. The van der Waals surface area contributed by atoms with E-state index in [1.165, 1.54) is 0 Å². The standard InChI is InChI=1S/C39H23N3O2/c1-3-10-24(11-4-1)37-40-38(25-12-5-2-6-13-25)42-39(41-37)27-18-20-30-32-22-26(19-21-34(32)43-35(30)23-27)28-15-9-16-31-29-14-7-8-17-33(29)44-36(28)31/h1-23H. The van der Waals surface area contributed by atoms with Gasteiger partial charge in [-0.3, -0.25) is 0 Å². The number of furan rings is 2. The largest absolute Gasteiger partial charge is 0.456 e. The van der Waals surface area contributed by atoms with E-state index in [1.54, 1.807) is 0 Å². The Morgan fingerprint density at radius 2 is 0.932 bits per heavy atom. The summed E-state index contributed by atoms with van der Waals surface area (Å²) in [5.74, 6) is 1.85. The van der Waals surface area contributed by atoms with Gasteiger partial charge in [0.1, 0.15) is 22.3 Å². The first-order chi connectivity index (χ1) is 21.8. The molecule has 5 nitrogen and oxygen atoms in total. The third-order valence-corrected chi connectivity index (χ3v) is 8.14. The van der Waals surface area contributed by atoms with Crippen LogP contribution in [0.3, 0.4) is 0 Å². The molecule has 0 saturated carbocycles. The summed E-state index contributed by atoms with van der Waals surface area (Å²) in [6.45, 7) is 0. The summed E-state index contributed by atoms with van der Waals surface area (Å²) in [5.41, 5.74) is 8.24. The van der Waals surface area contributed by atoms with Crippen LogP contribution in [0.15, 0.2) is 148 Å². The number of hydrogen-bond acceptors (Lipinski definition) is 5. The smallest absolute Gasteiger partial charge is 0.164 e. The van der Waals surface area contributed by atoms with Crippen molar-refractivity contribution in [2.75, 3.05) is 0 Å². The minimum Gasteiger partial charge on any atom is -0.456 e. The van der Waals surface area contributed by atoms with Gasteiger partial charge in [0.15, 0.2) is 17.5 Å². The number of benzene rings is 6. The van der Waals surface area contributed by atoms with Crippen LogP contribution in [0.2, 0.25) is 0 Å². The van der Waals surface area contributed by atoms with Crippen molar-refractivity contribution in [2.45, 2.75) is 0 Å². The highest BCUT2D eigenvalue weighted by Gasteiger charge is 2.16. The van der Waals surface area contributed by atoms with Crippen molar-refractivity contribution in [1.82, 2.24) is 15.0 Å². The predicted octanol–water partition coefficient (Wildman–Crippen LogP) is 10.3. The van der Waals surface area contributed by atoms with Gasteiger partial charge >= 0.3 is 0 Å². The Morgan fingerprint density at radius 1 is 0.341 bits per heavy atom. The van der Waals surface area contributed by atoms with Gasteiger partial charge in [-0.25, -0.2) is 15.0 Å². The molecule has 5 heteroatoms. The van der Waals surface area contributed by atoms with Crippen LogP contribution in [0.5, 0.6) is 0 Å². The number of rotatable bonds is 4. The van der Waals surface area contributed by atoms with Gasteiger partial charge in [0, 0.05) is 43.8 Å². The number of hydrogen-bond donors (Lipinski definition) is 0. The van der Waals surface area contributed by atoms with E-state index in [9.17, 15) is 0 Å². The van der Waals surface area contributed by atoms with Crippen molar-refractivity contribution in [2.24, 2.45) is 0 Å². The molecule has 44 heavy (non-hydrogen) atoms. The fraction of sp³-hybridized carbons (Fsp3) is 0.